The lowest BCUT2D eigenvalue weighted by Crippen LogP contribution is -2.66. The Bertz CT molecular complexity index is 774. The molecule has 26 heavy (non-hydrogen) atoms. The third kappa shape index (κ3) is 3.53. The van der Waals surface area contributed by atoms with Gasteiger partial charge in [0.1, 0.15) is 12.1 Å². The molecule has 1 aromatic rings. The molecular weight excluding hydrogens is 332 g/mol. The summed E-state index contributed by atoms with van der Waals surface area (Å²) in [7, 11) is 0. The van der Waals surface area contributed by atoms with Crippen molar-refractivity contribution < 1.29 is 20.1 Å². The van der Waals surface area contributed by atoms with Gasteiger partial charge in [-0.2, -0.15) is 0 Å². The van der Waals surface area contributed by atoms with E-state index < -0.39 is 23.8 Å². The molecule has 0 spiro atoms. The SMILES string of the molecule is Cc1ccc(N2C(=O)NC(=O)[C@@H](C=N[C@@H]3CCCC[C@@H]3[NH3+])C2=O)cc1C. The van der Waals surface area contributed by atoms with Crippen LogP contribution in [0, 0.1) is 19.8 Å². The quantitative estimate of drug-likeness (QED) is 0.625. The number of barbiturate groups is 1. The number of urea groups is 1. The van der Waals surface area contributed by atoms with Crippen LogP contribution in [-0.2, 0) is 9.59 Å². The Morgan fingerprint density at radius 2 is 1.88 bits per heavy atom. The van der Waals surface area contributed by atoms with Gasteiger partial charge in [-0.05, 0) is 49.9 Å². The molecule has 7 heteroatoms. The number of rotatable bonds is 3. The number of nitrogens with one attached hydrogen (secondary N) is 1. The number of carbonyl (C=O) groups is 3. The van der Waals surface area contributed by atoms with Gasteiger partial charge in [-0.15, -0.1) is 0 Å². The van der Waals surface area contributed by atoms with Crippen molar-refractivity contribution in [2.45, 2.75) is 51.6 Å². The molecule has 0 radical (unpaired) electrons. The van der Waals surface area contributed by atoms with Crippen molar-refractivity contribution in [2.75, 3.05) is 4.90 Å². The van der Waals surface area contributed by atoms with Gasteiger partial charge in [-0.3, -0.25) is 19.9 Å². The minimum atomic E-state index is -1.09. The summed E-state index contributed by atoms with van der Waals surface area (Å²) in [6.45, 7) is 3.86. The van der Waals surface area contributed by atoms with Crippen molar-refractivity contribution in [1.29, 1.82) is 0 Å². The van der Waals surface area contributed by atoms with Gasteiger partial charge in [0.15, 0.2) is 5.92 Å². The second-order valence-electron chi connectivity index (χ2n) is 7.12. The number of anilines is 1. The van der Waals surface area contributed by atoms with Gasteiger partial charge in [-0.25, -0.2) is 9.69 Å². The van der Waals surface area contributed by atoms with E-state index in [1.165, 1.54) is 6.21 Å². The van der Waals surface area contributed by atoms with E-state index in [4.69, 9.17) is 0 Å². The maximum atomic E-state index is 12.8. The van der Waals surface area contributed by atoms with Crippen LogP contribution in [0.25, 0.3) is 0 Å². The second kappa shape index (κ2) is 7.37. The van der Waals surface area contributed by atoms with E-state index in [9.17, 15) is 14.4 Å². The average molecular weight is 357 g/mol. The summed E-state index contributed by atoms with van der Waals surface area (Å²) in [5.74, 6) is -2.29. The van der Waals surface area contributed by atoms with Crippen LogP contribution >= 0.6 is 0 Å². The first kappa shape index (κ1) is 18.3. The van der Waals surface area contributed by atoms with E-state index >= 15 is 0 Å². The molecule has 2 aliphatic rings. The number of benzene rings is 1. The fourth-order valence-electron chi connectivity index (χ4n) is 3.41. The van der Waals surface area contributed by atoms with Crippen molar-refractivity contribution in [1.82, 2.24) is 5.32 Å². The number of hydrogen-bond acceptors (Lipinski definition) is 4. The van der Waals surface area contributed by atoms with Crippen LogP contribution in [0.2, 0.25) is 0 Å². The number of aryl methyl sites for hydroxylation is 2. The lowest BCUT2D eigenvalue weighted by Gasteiger charge is -2.29. The van der Waals surface area contributed by atoms with Crippen LogP contribution in [0.4, 0.5) is 10.5 Å². The number of nitrogens with zero attached hydrogens (tertiary/aromatic N) is 2. The van der Waals surface area contributed by atoms with E-state index in [-0.39, 0.29) is 12.1 Å². The molecular formula is C19H25N4O3+. The summed E-state index contributed by atoms with van der Waals surface area (Å²) in [6, 6.07) is 4.82. The van der Waals surface area contributed by atoms with Crippen molar-refractivity contribution >= 4 is 29.7 Å². The highest BCUT2D eigenvalue weighted by atomic mass is 16.2. The molecule has 138 valence electrons. The van der Waals surface area contributed by atoms with Crippen molar-refractivity contribution in [2.24, 2.45) is 10.9 Å². The number of amides is 4. The van der Waals surface area contributed by atoms with Gasteiger partial charge in [-0.1, -0.05) is 12.5 Å². The molecule has 1 heterocycles. The summed E-state index contributed by atoms with van der Waals surface area (Å²) in [4.78, 5) is 42.7. The molecule has 1 saturated carbocycles. The largest absolute Gasteiger partial charge is 0.353 e. The van der Waals surface area contributed by atoms with E-state index in [1.807, 2.05) is 19.9 Å². The van der Waals surface area contributed by atoms with Crippen LogP contribution in [0.15, 0.2) is 23.2 Å². The summed E-state index contributed by atoms with van der Waals surface area (Å²) in [5, 5.41) is 2.26. The molecule has 0 bridgehead atoms. The molecule has 4 N–H and O–H groups in total. The minimum Gasteiger partial charge on any atom is -0.353 e. The highest BCUT2D eigenvalue weighted by molar-refractivity contribution is 6.32. The highest BCUT2D eigenvalue weighted by Gasteiger charge is 2.40. The van der Waals surface area contributed by atoms with E-state index in [2.05, 4.69) is 16.0 Å². The number of quaternary nitrogens is 1. The van der Waals surface area contributed by atoms with Crippen LogP contribution in [0.1, 0.15) is 36.8 Å². The highest BCUT2D eigenvalue weighted by Crippen LogP contribution is 2.24. The molecule has 1 aliphatic carbocycles. The lowest BCUT2D eigenvalue weighted by atomic mass is 9.91. The standard InChI is InChI=1S/C19H24N4O3/c1-11-7-8-13(9-12(11)2)23-18(25)14(17(24)22-19(23)26)10-21-16-6-4-3-5-15(16)20/h7-10,14-16H,3-6,20H2,1-2H3,(H,22,24,26)/p+1/t14-,15+,16-/m1/s1. The fraction of sp³-hybridized carbons (Fsp3) is 0.474. The Kier molecular flexibility index (Phi) is 5.18. The lowest BCUT2D eigenvalue weighted by molar-refractivity contribution is -0.428. The number of hydrogen-bond donors (Lipinski definition) is 2. The third-order valence-electron chi connectivity index (χ3n) is 5.25. The molecule has 1 aliphatic heterocycles. The van der Waals surface area contributed by atoms with Gasteiger partial charge in [0.25, 0.3) is 5.91 Å². The predicted molar refractivity (Wildman–Crippen MR) is 97.9 cm³/mol. The second-order valence-corrected chi connectivity index (χ2v) is 7.12. The molecule has 0 aromatic heterocycles. The van der Waals surface area contributed by atoms with Gasteiger partial charge in [0.2, 0.25) is 5.91 Å². The van der Waals surface area contributed by atoms with Crippen molar-refractivity contribution in [3.63, 3.8) is 0 Å². The topological polar surface area (TPSA) is 106 Å². The Hall–Kier alpha value is -2.54. The number of carbonyl (C=O) groups excluding carboxylic acids is 3. The van der Waals surface area contributed by atoms with Crippen LogP contribution < -0.4 is 16.0 Å². The predicted octanol–water partition coefficient (Wildman–Crippen LogP) is 1.13. The normalized spacial score (nSPS) is 27.1. The minimum absolute atomic E-state index is 0.0250. The fourth-order valence-corrected chi connectivity index (χ4v) is 3.41. The zero-order valence-electron chi connectivity index (χ0n) is 15.2. The Morgan fingerprint density at radius 1 is 1.15 bits per heavy atom. The summed E-state index contributed by atoms with van der Waals surface area (Å²) in [6.07, 6.45) is 5.52. The monoisotopic (exact) mass is 357 g/mol. The maximum Gasteiger partial charge on any atom is 0.335 e. The Balaban J connectivity index is 1.84. The molecule has 7 nitrogen and oxygen atoms in total. The first-order valence-corrected chi connectivity index (χ1v) is 9.01. The van der Waals surface area contributed by atoms with E-state index in [0.29, 0.717) is 5.69 Å². The van der Waals surface area contributed by atoms with Crippen LogP contribution in [0.5, 0.6) is 0 Å². The molecule has 2 fully saturated rings. The third-order valence-corrected chi connectivity index (χ3v) is 5.25. The van der Waals surface area contributed by atoms with Crippen molar-refractivity contribution in [3.8, 4) is 0 Å². The number of aliphatic imine (C=N–C) groups is 1. The smallest absolute Gasteiger partial charge is 0.335 e. The van der Waals surface area contributed by atoms with E-state index in [0.717, 1.165) is 41.7 Å². The molecule has 1 aromatic carbocycles. The summed E-state index contributed by atoms with van der Waals surface area (Å²) < 4.78 is 0. The summed E-state index contributed by atoms with van der Waals surface area (Å²) in [5.41, 5.74) is 6.59. The van der Waals surface area contributed by atoms with Crippen LogP contribution in [-0.4, -0.2) is 36.1 Å². The van der Waals surface area contributed by atoms with E-state index in [1.54, 1.807) is 12.1 Å². The van der Waals surface area contributed by atoms with Gasteiger partial charge in [0.05, 0.1) is 5.69 Å². The zero-order valence-corrected chi connectivity index (χ0v) is 15.2. The molecule has 3 atom stereocenters. The van der Waals surface area contributed by atoms with Crippen molar-refractivity contribution in [3.05, 3.63) is 29.3 Å². The first-order valence-electron chi connectivity index (χ1n) is 9.01. The van der Waals surface area contributed by atoms with Gasteiger partial charge >= 0.3 is 6.03 Å². The van der Waals surface area contributed by atoms with Crippen LogP contribution in [0.3, 0.4) is 0 Å². The van der Waals surface area contributed by atoms with Gasteiger partial charge < -0.3 is 5.73 Å². The number of imide groups is 2. The first-order chi connectivity index (χ1) is 12.4. The molecule has 0 unspecified atom stereocenters. The Morgan fingerprint density at radius 3 is 2.58 bits per heavy atom. The molecule has 3 rings (SSSR count). The maximum absolute atomic E-state index is 12.8. The zero-order chi connectivity index (χ0) is 18.8. The Labute approximate surface area is 152 Å². The molecule has 4 amide bonds. The average Bonchev–Trinajstić information content (AvgIpc) is 2.59. The summed E-state index contributed by atoms with van der Waals surface area (Å²) >= 11 is 0. The van der Waals surface area contributed by atoms with Gasteiger partial charge in [0, 0.05) is 12.6 Å². The molecule has 1 saturated heterocycles.